The van der Waals surface area contributed by atoms with E-state index in [4.69, 9.17) is 0 Å². The van der Waals surface area contributed by atoms with Crippen molar-refractivity contribution in [1.82, 2.24) is 10.2 Å². The van der Waals surface area contributed by atoms with Gasteiger partial charge in [-0.1, -0.05) is 40.0 Å². The molecule has 2 rings (SSSR count). The van der Waals surface area contributed by atoms with Gasteiger partial charge in [-0.25, -0.2) is 0 Å². The Balaban J connectivity index is 1.94. The standard InChI is InChI=1S/C17H34N2/c1-4-18-13-17(8-6-5-7-9-17)14-19-11-15(2)10-16(3)12-19/h15-16,18H,4-14H2,1-3H3. The molecule has 1 saturated carbocycles. The highest BCUT2D eigenvalue weighted by Gasteiger charge is 2.35. The van der Waals surface area contributed by atoms with E-state index >= 15 is 0 Å². The number of likely N-dealkylation sites (tertiary alicyclic amines) is 1. The molecule has 2 aliphatic rings. The summed E-state index contributed by atoms with van der Waals surface area (Å²) in [5, 5.41) is 3.64. The molecule has 112 valence electrons. The van der Waals surface area contributed by atoms with Crippen molar-refractivity contribution in [3.63, 3.8) is 0 Å². The van der Waals surface area contributed by atoms with Gasteiger partial charge in [-0.2, -0.15) is 0 Å². The van der Waals surface area contributed by atoms with Gasteiger partial charge in [0.05, 0.1) is 0 Å². The first-order valence-electron chi connectivity index (χ1n) is 8.56. The minimum Gasteiger partial charge on any atom is -0.316 e. The molecular formula is C17H34N2. The maximum atomic E-state index is 3.64. The fourth-order valence-electron chi connectivity index (χ4n) is 4.48. The molecule has 19 heavy (non-hydrogen) atoms. The van der Waals surface area contributed by atoms with E-state index in [1.807, 2.05) is 0 Å². The summed E-state index contributed by atoms with van der Waals surface area (Å²) >= 11 is 0. The Bertz CT molecular complexity index is 248. The minimum absolute atomic E-state index is 0.574. The van der Waals surface area contributed by atoms with Crippen LogP contribution in [0.3, 0.4) is 0 Å². The average Bonchev–Trinajstić information content (AvgIpc) is 2.36. The van der Waals surface area contributed by atoms with Crippen molar-refractivity contribution in [2.45, 2.75) is 59.3 Å². The Morgan fingerprint density at radius 2 is 1.68 bits per heavy atom. The van der Waals surface area contributed by atoms with Crippen molar-refractivity contribution in [2.24, 2.45) is 17.3 Å². The third-order valence-electron chi connectivity index (χ3n) is 5.17. The molecule has 0 bridgehead atoms. The largest absolute Gasteiger partial charge is 0.316 e. The van der Waals surface area contributed by atoms with Crippen LogP contribution in [0.25, 0.3) is 0 Å². The van der Waals surface area contributed by atoms with Crippen LogP contribution in [0.4, 0.5) is 0 Å². The van der Waals surface area contributed by atoms with Crippen LogP contribution in [0, 0.1) is 17.3 Å². The third kappa shape index (κ3) is 4.46. The molecule has 2 fully saturated rings. The lowest BCUT2D eigenvalue weighted by Gasteiger charge is -2.44. The normalized spacial score (nSPS) is 32.4. The van der Waals surface area contributed by atoms with Crippen LogP contribution < -0.4 is 5.32 Å². The summed E-state index contributed by atoms with van der Waals surface area (Å²) in [5.74, 6) is 1.78. The quantitative estimate of drug-likeness (QED) is 0.819. The molecule has 2 unspecified atom stereocenters. The summed E-state index contributed by atoms with van der Waals surface area (Å²) in [4.78, 5) is 2.78. The number of nitrogens with zero attached hydrogens (tertiary/aromatic N) is 1. The molecule has 2 heteroatoms. The van der Waals surface area contributed by atoms with Gasteiger partial charge in [-0.3, -0.25) is 0 Å². The van der Waals surface area contributed by atoms with Gasteiger partial charge in [0, 0.05) is 26.2 Å². The van der Waals surface area contributed by atoms with Crippen molar-refractivity contribution in [2.75, 3.05) is 32.7 Å². The zero-order chi connectivity index (χ0) is 13.7. The molecule has 1 saturated heterocycles. The molecule has 1 aliphatic heterocycles. The summed E-state index contributed by atoms with van der Waals surface area (Å²) in [6, 6.07) is 0. The number of nitrogens with one attached hydrogen (secondary N) is 1. The lowest BCUT2D eigenvalue weighted by molar-refractivity contribution is 0.0587. The second-order valence-corrected chi connectivity index (χ2v) is 7.48. The molecule has 0 aromatic carbocycles. The Morgan fingerprint density at radius 3 is 2.26 bits per heavy atom. The van der Waals surface area contributed by atoms with Crippen molar-refractivity contribution in [3.8, 4) is 0 Å². The number of rotatable bonds is 5. The van der Waals surface area contributed by atoms with E-state index in [0.717, 1.165) is 18.4 Å². The maximum absolute atomic E-state index is 3.64. The van der Waals surface area contributed by atoms with Gasteiger partial charge in [0.2, 0.25) is 0 Å². The molecule has 0 radical (unpaired) electrons. The summed E-state index contributed by atoms with van der Waals surface area (Å²) in [7, 11) is 0. The predicted molar refractivity (Wildman–Crippen MR) is 83.4 cm³/mol. The number of hydrogen-bond donors (Lipinski definition) is 1. The first kappa shape index (κ1) is 15.3. The second kappa shape index (κ2) is 7.08. The van der Waals surface area contributed by atoms with E-state index in [1.165, 1.54) is 64.7 Å². The van der Waals surface area contributed by atoms with E-state index in [0.29, 0.717) is 5.41 Å². The number of piperidine rings is 1. The van der Waals surface area contributed by atoms with E-state index in [9.17, 15) is 0 Å². The summed E-state index contributed by atoms with van der Waals surface area (Å²) in [5.41, 5.74) is 0.574. The first-order valence-corrected chi connectivity index (χ1v) is 8.56. The Hall–Kier alpha value is -0.0800. The van der Waals surface area contributed by atoms with E-state index in [2.05, 4.69) is 31.0 Å². The Kier molecular flexibility index (Phi) is 5.70. The monoisotopic (exact) mass is 266 g/mol. The molecule has 1 N–H and O–H groups in total. The van der Waals surface area contributed by atoms with Crippen LogP contribution >= 0.6 is 0 Å². The van der Waals surface area contributed by atoms with Crippen LogP contribution in [-0.4, -0.2) is 37.6 Å². The molecule has 2 nitrogen and oxygen atoms in total. The lowest BCUT2D eigenvalue weighted by Crippen LogP contribution is -2.49. The molecule has 0 amide bonds. The smallest absolute Gasteiger partial charge is 0.00504 e. The highest BCUT2D eigenvalue weighted by atomic mass is 15.1. The zero-order valence-electron chi connectivity index (χ0n) is 13.4. The zero-order valence-corrected chi connectivity index (χ0v) is 13.4. The summed E-state index contributed by atoms with van der Waals surface area (Å²) in [6.07, 6.45) is 8.67. The van der Waals surface area contributed by atoms with Crippen molar-refractivity contribution >= 4 is 0 Å². The summed E-state index contributed by atoms with van der Waals surface area (Å²) < 4.78 is 0. The second-order valence-electron chi connectivity index (χ2n) is 7.48. The van der Waals surface area contributed by atoms with Crippen LogP contribution in [0.2, 0.25) is 0 Å². The van der Waals surface area contributed by atoms with Crippen LogP contribution in [-0.2, 0) is 0 Å². The van der Waals surface area contributed by atoms with Crippen LogP contribution in [0.1, 0.15) is 59.3 Å². The van der Waals surface area contributed by atoms with Crippen molar-refractivity contribution in [3.05, 3.63) is 0 Å². The van der Waals surface area contributed by atoms with Crippen LogP contribution in [0.15, 0.2) is 0 Å². The van der Waals surface area contributed by atoms with Gasteiger partial charge in [0.15, 0.2) is 0 Å². The highest BCUT2D eigenvalue weighted by molar-refractivity contribution is 4.89. The van der Waals surface area contributed by atoms with Crippen molar-refractivity contribution in [1.29, 1.82) is 0 Å². The van der Waals surface area contributed by atoms with Gasteiger partial charge in [-0.15, -0.1) is 0 Å². The Morgan fingerprint density at radius 1 is 1.05 bits per heavy atom. The minimum atomic E-state index is 0.574. The van der Waals surface area contributed by atoms with Crippen LogP contribution in [0.5, 0.6) is 0 Å². The average molecular weight is 266 g/mol. The highest BCUT2D eigenvalue weighted by Crippen LogP contribution is 2.37. The van der Waals surface area contributed by atoms with Gasteiger partial charge in [0.25, 0.3) is 0 Å². The lowest BCUT2D eigenvalue weighted by atomic mass is 9.73. The first-order chi connectivity index (χ1) is 9.13. The fraction of sp³-hybridized carbons (Fsp3) is 1.00. The van der Waals surface area contributed by atoms with E-state index < -0.39 is 0 Å². The SMILES string of the molecule is CCNCC1(CN2CC(C)CC(C)C2)CCCCC1. The molecule has 1 heterocycles. The Labute approximate surface area is 120 Å². The predicted octanol–water partition coefficient (Wildman–Crippen LogP) is 3.52. The van der Waals surface area contributed by atoms with E-state index in [1.54, 1.807) is 0 Å². The molecule has 2 atom stereocenters. The third-order valence-corrected chi connectivity index (χ3v) is 5.17. The number of hydrogen-bond acceptors (Lipinski definition) is 2. The van der Waals surface area contributed by atoms with Gasteiger partial charge < -0.3 is 10.2 Å². The fourth-order valence-corrected chi connectivity index (χ4v) is 4.48. The molecule has 0 spiro atoms. The molecule has 1 aliphatic carbocycles. The van der Waals surface area contributed by atoms with Gasteiger partial charge in [0.1, 0.15) is 0 Å². The summed E-state index contributed by atoms with van der Waals surface area (Å²) in [6.45, 7) is 13.5. The van der Waals surface area contributed by atoms with E-state index in [-0.39, 0.29) is 0 Å². The molecule has 0 aromatic heterocycles. The molecular weight excluding hydrogens is 232 g/mol. The van der Waals surface area contributed by atoms with Gasteiger partial charge in [-0.05, 0) is 43.1 Å². The maximum Gasteiger partial charge on any atom is 0.00504 e. The topological polar surface area (TPSA) is 15.3 Å². The molecule has 0 aromatic rings. The van der Waals surface area contributed by atoms with Crippen molar-refractivity contribution < 1.29 is 0 Å². The van der Waals surface area contributed by atoms with Gasteiger partial charge >= 0.3 is 0 Å².